The Labute approximate surface area is 110 Å². The lowest BCUT2D eigenvalue weighted by molar-refractivity contribution is 0.258. The molecule has 0 saturated carbocycles. The molecule has 1 atom stereocenters. The van der Waals surface area contributed by atoms with Gasteiger partial charge in [0.25, 0.3) is 0 Å². The summed E-state index contributed by atoms with van der Waals surface area (Å²) in [5, 5.41) is 3.42. The number of nitrogens with one attached hydrogen (secondary N) is 1. The van der Waals surface area contributed by atoms with E-state index >= 15 is 0 Å². The second-order valence-corrected chi connectivity index (χ2v) is 5.61. The van der Waals surface area contributed by atoms with Gasteiger partial charge >= 0.3 is 0 Å². The molecule has 0 saturated heterocycles. The molecule has 0 spiro atoms. The minimum atomic E-state index is -0.210. The maximum absolute atomic E-state index is 14.1. The Balaban J connectivity index is 3.20. The summed E-state index contributed by atoms with van der Waals surface area (Å²) in [7, 11) is 1.58. The maximum Gasteiger partial charge on any atom is 0.131 e. The summed E-state index contributed by atoms with van der Waals surface area (Å²) in [6.45, 7) is 9.27. The lowest BCUT2D eigenvalue weighted by Crippen LogP contribution is -2.33. The van der Waals surface area contributed by atoms with Gasteiger partial charge in [0.15, 0.2) is 0 Å². The molecule has 2 nitrogen and oxygen atoms in total. The second kappa shape index (κ2) is 6.19. The zero-order chi connectivity index (χ0) is 13.8. The summed E-state index contributed by atoms with van der Waals surface area (Å²) in [5.41, 5.74) is 0.547. The van der Waals surface area contributed by atoms with Crippen LogP contribution in [0.5, 0.6) is 5.75 Å². The van der Waals surface area contributed by atoms with Gasteiger partial charge in [0.1, 0.15) is 11.6 Å². The zero-order valence-corrected chi connectivity index (χ0v) is 12.0. The van der Waals surface area contributed by atoms with Crippen molar-refractivity contribution in [3.63, 3.8) is 0 Å². The van der Waals surface area contributed by atoms with Crippen LogP contribution >= 0.6 is 0 Å². The fraction of sp³-hybridized carbons (Fsp3) is 0.600. The molecular weight excluding hydrogens is 229 g/mol. The third-order valence-corrected chi connectivity index (χ3v) is 2.99. The normalized spacial score (nSPS) is 13.4. The fourth-order valence-electron chi connectivity index (χ4n) is 2.11. The molecule has 1 aromatic rings. The predicted octanol–water partition coefficient (Wildman–Crippen LogP) is 3.92. The Hall–Kier alpha value is -1.09. The van der Waals surface area contributed by atoms with Gasteiger partial charge in [-0.05, 0) is 30.5 Å². The van der Waals surface area contributed by atoms with Gasteiger partial charge in [0.2, 0.25) is 0 Å². The first kappa shape index (κ1) is 15.0. The summed E-state index contributed by atoms with van der Waals surface area (Å²) < 4.78 is 19.4. The molecule has 3 heteroatoms. The van der Waals surface area contributed by atoms with Gasteiger partial charge in [-0.1, -0.05) is 33.8 Å². The first-order valence-electron chi connectivity index (χ1n) is 6.47. The van der Waals surface area contributed by atoms with E-state index in [2.05, 4.69) is 33.0 Å². The molecule has 102 valence electrons. The van der Waals surface area contributed by atoms with Crippen molar-refractivity contribution in [3.05, 3.63) is 29.6 Å². The van der Waals surface area contributed by atoms with Crippen molar-refractivity contribution in [3.8, 4) is 5.75 Å². The summed E-state index contributed by atoms with van der Waals surface area (Å²) >= 11 is 0. The smallest absolute Gasteiger partial charge is 0.131 e. The van der Waals surface area contributed by atoms with Crippen molar-refractivity contribution in [2.24, 2.45) is 5.41 Å². The highest BCUT2D eigenvalue weighted by Gasteiger charge is 2.30. The van der Waals surface area contributed by atoms with E-state index in [4.69, 9.17) is 4.74 Å². The van der Waals surface area contributed by atoms with Crippen LogP contribution in [-0.2, 0) is 0 Å². The Bertz CT molecular complexity index is 385. The van der Waals surface area contributed by atoms with E-state index in [1.54, 1.807) is 13.2 Å². The SMILES string of the molecule is CCCNC(c1c(F)cccc1OC)C(C)(C)C. The van der Waals surface area contributed by atoms with Crippen LogP contribution in [0.3, 0.4) is 0 Å². The van der Waals surface area contributed by atoms with Crippen LogP contribution in [-0.4, -0.2) is 13.7 Å². The number of ether oxygens (including phenoxy) is 1. The van der Waals surface area contributed by atoms with E-state index in [0.29, 0.717) is 11.3 Å². The van der Waals surface area contributed by atoms with Crippen LogP contribution < -0.4 is 10.1 Å². The van der Waals surface area contributed by atoms with Crippen LogP contribution in [0.15, 0.2) is 18.2 Å². The predicted molar refractivity (Wildman–Crippen MR) is 73.4 cm³/mol. The Morgan fingerprint density at radius 1 is 1.33 bits per heavy atom. The molecule has 1 N–H and O–H groups in total. The second-order valence-electron chi connectivity index (χ2n) is 5.61. The fourth-order valence-corrected chi connectivity index (χ4v) is 2.11. The Kier molecular flexibility index (Phi) is 5.15. The molecule has 0 aliphatic carbocycles. The molecule has 0 heterocycles. The molecule has 0 aliphatic rings. The van der Waals surface area contributed by atoms with Gasteiger partial charge in [0.05, 0.1) is 7.11 Å². The first-order valence-corrected chi connectivity index (χ1v) is 6.47. The van der Waals surface area contributed by atoms with E-state index in [1.807, 2.05) is 6.07 Å². The average molecular weight is 253 g/mol. The zero-order valence-electron chi connectivity index (χ0n) is 12.0. The number of benzene rings is 1. The minimum absolute atomic E-state index is 0.0615. The van der Waals surface area contributed by atoms with Gasteiger partial charge in [-0.25, -0.2) is 4.39 Å². The Morgan fingerprint density at radius 2 is 2.00 bits per heavy atom. The molecule has 0 fully saturated rings. The van der Waals surface area contributed by atoms with E-state index < -0.39 is 0 Å². The molecular formula is C15H24FNO. The molecule has 18 heavy (non-hydrogen) atoms. The molecule has 0 radical (unpaired) electrons. The van der Waals surface area contributed by atoms with Gasteiger partial charge in [-0.15, -0.1) is 0 Å². The third kappa shape index (κ3) is 3.45. The standard InChI is InChI=1S/C15H24FNO/c1-6-10-17-14(15(2,3)4)13-11(16)8-7-9-12(13)18-5/h7-9,14,17H,6,10H2,1-5H3. The highest BCUT2D eigenvalue weighted by atomic mass is 19.1. The van der Waals surface area contributed by atoms with Crippen molar-refractivity contribution < 1.29 is 9.13 Å². The topological polar surface area (TPSA) is 21.3 Å². The number of hydrogen-bond donors (Lipinski definition) is 1. The van der Waals surface area contributed by atoms with Crippen molar-refractivity contribution >= 4 is 0 Å². The van der Waals surface area contributed by atoms with Crippen molar-refractivity contribution in [2.45, 2.75) is 40.2 Å². The number of rotatable bonds is 5. The number of halogens is 1. The minimum Gasteiger partial charge on any atom is -0.496 e. The van der Waals surface area contributed by atoms with E-state index in [-0.39, 0.29) is 17.3 Å². The number of hydrogen-bond acceptors (Lipinski definition) is 2. The molecule has 0 aromatic heterocycles. The largest absolute Gasteiger partial charge is 0.496 e. The van der Waals surface area contributed by atoms with Gasteiger partial charge in [0, 0.05) is 11.6 Å². The molecule has 0 aliphatic heterocycles. The first-order chi connectivity index (χ1) is 8.41. The van der Waals surface area contributed by atoms with Crippen molar-refractivity contribution in [1.82, 2.24) is 5.32 Å². The molecule has 1 rings (SSSR count). The van der Waals surface area contributed by atoms with Crippen LogP contribution in [0.4, 0.5) is 4.39 Å². The van der Waals surface area contributed by atoms with Crippen LogP contribution in [0.1, 0.15) is 45.7 Å². The van der Waals surface area contributed by atoms with Gasteiger partial charge in [-0.2, -0.15) is 0 Å². The third-order valence-electron chi connectivity index (χ3n) is 2.99. The maximum atomic E-state index is 14.1. The van der Waals surface area contributed by atoms with Gasteiger partial charge < -0.3 is 10.1 Å². The summed E-state index contributed by atoms with van der Waals surface area (Å²) in [6.07, 6.45) is 1.02. The summed E-state index contributed by atoms with van der Waals surface area (Å²) in [4.78, 5) is 0. The molecule has 0 bridgehead atoms. The quantitative estimate of drug-likeness (QED) is 0.858. The summed E-state index contributed by atoms with van der Waals surface area (Å²) in [5.74, 6) is 0.399. The van der Waals surface area contributed by atoms with Crippen LogP contribution in [0.25, 0.3) is 0 Å². The van der Waals surface area contributed by atoms with E-state index in [0.717, 1.165) is 13.0 Å². The monoisotopic (exact) mass is 253 g/mol. The van der Waals surface area contributed by atoms with Gasteiger partial charge in [-0.3, -0.25) is 0 Å². The van der Waals surface area contributed by atoms with E-state index in [1.165, 1.54) is 6.07 Å². The summed E-state index contributed by atoms with van der Waals surface area (Å²) in [6, 6.07) is 4.92. The molecule has 1 unspecified atom stereocenters. The lowest BCUT2D eigenvalue weighted by Gasteiger charge is -2.33. The molecule has 1 aromatic carbocycles. The van der Waals surface area contributed by atoms with E-state index in [9.17, 15) is 4.39 Å². The molecule has 0 amide bonds. The van der Waals surface area contributed by atoms with Crippen molar-refractivity contribution in [1.29, 1.82) is 0 Å². The van der Waals surface area contributed by atoms with Crippen molar-refractivity contribution in [2.75, 3.05) is 13.7 Å². The Morgan fingerprint density at radius 3 is 2.50 bits per heavy atom. The highest BCUT2D eigenvalue weighted by Crippen LogP contribution is 2.38. The number of methoxy groups -OCH3 is 1. The van der Waals surface area contributed by atoms with Crippen LogP contribution in [0, 0.1) is 11.2 Å². The average Bonchev–Trinajstić information content (AvgIpc) is 2.29. The highest BCUT2D eigenvalue weighted by molar-refractivity contribution is 5.38. The van der Waals surface area contributed by atoms with Crippen LogP contribution in [0.2, 0.25) is 0 Å². The lowest BCUT2D eigenvalue weighted by atomic mass is 9.81.